The van der Waals surface area contributed by atoms with Crippen molar-refractivity contribution in [2.24, 2.45) is 0 Å². The van der Waals surface area contributed by atoms with Gasteiger partial charge in [-0.05, 0) is 18.2 Å². The predicted molar refractivity (Wildman–Crippen MR) is 83.9 cm³/mol. The summed E-state index contributed by atoms with van der Waals surface area (Å²) in [6.45, 7) is 0. The molecule has 0 atom stereocenters. The summed E-state index contributed by atoms with van der Waals surface area (Å²) in [7, 11) is -9.39. The van der Waals surface area contributed by atoms with Crippen molar-refractivity contribution >= 4 is 145 Å². The molecule has 2 aromatic rings. The molecule has 0 aliphatic carbocycles. The summed E-state index contributed by atoms with van der Waals surface area (Å²) in [4.78, 5) is -1.40. The van der Waals surface area contributed by atoms with Crippen LogP contribution in [0.25, 0.3) is 10.8 Å². The van der Waals surface area contributed by atoms with Crippen molar-refractivity contribution in [3.63, 3.8) is 0 Å². The van der Waals surface area contributed by atoms with Crippen LogP contribution in [0.1, 0.15) is 0 Å². The van der Waals surface area contributed by atoms with Crippen LogP contribution in [0.3, 0.4) is 0 Å². The van der Waals surface area contributed by atoms with Gasteiger partial charge in [-0.25, -0.2) is 0 Å². The molecule has 0 spiro atoms. The number of rotatable bonds is 2. The molecule has 2 aromatic carbocycles. The first kappa shape index (κ1) is 23.4. The van der Waals surface area contributed by atoms with Crippen LogP contribution < -0.4 is 11.5 Å². The average molecular weight is 397 g/mol. The second-order valence-electron chi connectivity index (χ2n) is 4.04. The number of benzene rings is 2. The third kappa shape index (κ3) is 4.95. The molecule has 0 saturated carbocycles. The van der Waals surface area contributed by atoms with Crippen LogP contribution in [-0.2, 0) is 20.2 Å². The standard InChI is InChI=1S/C10H10N2O6S2.2K/c11-8-2-1-6-7(10(8)12)3-5(19(13,14)15)4-9(6)20(16,17)18;;/h1-4H,11-12H2,(H,13,14,15)(H,16,17,18);;. The van der Waals surface area contributed by atoms with E-state index >= 15 is 0 Å². The maximum absolute atomic E-state index is 11.3. The first-order valence-electron chi connectivity index (χ1n) is 5.08. The monoisotopic (exact) mass is 396 g/mol. The van der Waals surface area contributed by atoms with Crippen LogP contribution in [0.2, 0.25) is 0 Å². The van der Waals surface area contributed by atoms with Crippen molar-refractivity contribution in [1.82, 2.24) is 0 Å². The predicted octanol–water partition coefficient (Wildman–Crippen LogP) is -0.264. The Morgan fingerprint density at radius 1 is 0.818 bits per heavy atom. The summed E-state index contributed by atoms with van der Waals surface area (Å²) in [5.41, 5.74) is 11.3. The second-order valence-corrected chi connectivity index (χ2v) is 6.85. The van der Waals surface area contributed by atoms with Gasteiger partial charge in [0, 0.05) is 114 Å². The molecule has 2 rings (SSSR count). The summed E-state index contributed by atoms with van der Waals surface area (Å²) in [6, 6.07) is 4.21. The van der Waals surface area contributed by atoms with Crippen LogP contribution in [0, 0.1) is 0 Å². The molecule has 0 aromatic heterocycles. The minimum absolute atomic E-state index is 0. The second kappa shape index (κ2) is 8.18. The molecule has 0 saturated heterocycles. The summed E-state index contributed by atoms with van der Waals surface area (Å²) in [6.07, 6.45) is 0. The van der Waals surface area contributed by atoms with E-state index in [1.807, 2.05) is 0 Å². The Kier molecular flexibility index (Phi) is 8.70. The largest absolute Gasteiger partial charge is 0.397 e. The molecule has 22 heavy (non-hydrogen) atoms. The Morgan fingerprint density at radius 3 is 1.82 bits per heavy atom. The molecular formula is C10H10K2N2O6S2. The fourth-order valence-corrected chi connectivity index (χ4v) is 3.12. The van der Waals surface area contributed by atoms with Crippen molar-refractivity contribution in [2.75, 3.05) is 11.5 Å². The Bertz CT molecular complexity index is 928. The zero-order valence-corrected chi connectivity index (χ0v) is 19.7. The molecule has 2 radical (unpaired) electrons. The van der Waals surface area contributed by atoms with Gasteiger partial charge >= 0.3 is 0 Å². The molecule has 0 bridgehead atoms. The third-order valence-electron chi connectivity index (χ3n) is 2.72. The van der Waals surface area contributed by atoms with Gasteiger partial charge in [0.05, 0.1) is 16.3 Å². The smallest absolute Gasteiger partial charge is 0.295 e. The van der Waals surface area contributed by atoms with Gasteiger partial charge in [-0.1, -0.05) is 6.07 Å². The molecule has 0 aliphatic heterocycles. The number of fused-ring (bicyclic) bond motifs is 1. The van der Waals surface area contributed by atoms with Gasteiger partial charge in [0.25, 0.3) is 20.2 Å². The van der Waals surface area contributed by atoms with Crippen molar-refractivity contribution in [1.29, 1.82) is 0 Å². The van der Waals surface area contributed by atoms with Gasteiger partial charge in [-0.15, -0.1) is 0 Å². The molecular weight excluding hydrogens is 386 g/mol. The molecule has 110 valence electrons. The van der Waals surface area contributed by atoms with Gasteiger partial charge in [-0.2, -0.15) is 16.8 Å². The Balaban J connectivity index is 0.00000220. The molecule has 8 nitrogen and oxygen atoms in total. The fraction of sp³-hybridized carbons (Fsp3) is 0. The van der Waals surface area contributed by atoms with Crippen LogP contribution in [-0.4, -0.2) is 129 Å². The van der Waals surface area contributed by atoms with Crippen LogP contribution in [0.4, 0.5) is 11.4 Å². The fourth-order valence-electron chi connectivity index (χ4n) is 1.78. The van der Waals surface area contributed by atoms with E-state index in [1.165, 1.54) is 12.1 Å². The van der Waals surface area contributed by atoms with Crippen molar-refractivity contribution in [3.8, 4) is 0 Å². The third-order valence-corrected chi connectivity index (χ3v) is 4.45. The van der Waals surface area contributed by atoms with Crippen LogP contribution in [0.15, 0.2) is 34.1 Å². The van der Waals surface area contributed by atoms with Crippen molar-refractivity contribution in [2.45, 2.75) is 9.79 Å². The molecule has 6 N–H and O–H groups in total. The maximum atomic E-state index is 11.3. The molecule has 12 heteroatoms. The van der Waals surface area contributed by atoms with E-state index in [4.69, 9.17) is 20.6 Å². The number of anilines is 2. The van der Waals surface area contributed by atoms with Crippen LogP contribution >= 0.6 is 0 Å². The topological polar surface area (TPSA) is 161 Å². The SMILES string of the molecule is Nc1ccc2c(S(=O)(=O)O)cc(S(=O)(=O)O)cc2c1N.[K].[K]. The minimum Gasteiger partial charge on any atom is -0.397 e. The Morgan fingerprint density at radius 2 is 1.36 bits per heavy atom. The molecule has 0 fully saturated rings. The normalized spacial score (nSPS) is 11.5. The summed E-state index contributed by atoms with van der Waals surface area (Å²) in [5, 5.41) is -0.0145. The van der Waals surface area contributed by atoms with Gasteiger partial charge < -0.3 is 11.5 Å². The Labute approximate surface area is 212 Å². The first-order chi connectivity index (χ1) is 9.01. The number of nitrogen functional groups attached to an aromatic ring is 2. The molecule has 0 amide bonds. The van der Waals surface area contributed by atoms with E-state index in [0.717, 1.165) is 6.07 Å². The van der Waals surface area contributed by atoms with E-state index in [2.05, 4.69) is 0 Å². The first-order valence-corrected chi connectivity index (χ1v) is 7.96. The zero-order valence-electron chi connectivity index (χ0n) is 11.8. The quantitative estimate of drug-likeness (QED) is 0.306. The minimum atomic E-state index is -4.71. The van der Waals surface area contributed by atoms with Crippen molar-refractivity contribution < 1.29 is 25.9 Å². The molecule has 0 heterocycles. The number of hydrogen-bond donors (Lipinski definition) is 4. The van der Waals surface area contributed by atoms with Crippen LogP contribution in [0.5, 0.6) is 0 Å². The van der Waals surface area contributed by atoms with Gasteiger partial charge in [0.15, 0.2) is 0 Å². The summed E-state index contributed by atoms with van der Waals surface area (Å²) in [5.74, 6) is 0. The molecule has 0 aliphatic rings. The average Bonchev–Trinajstić information content (AvgIpc) is 2.30. The maximum Gasteiger partial charge on any atom is 0.295 e. The van der Waals surface area contributed by atoms with Gasteiger partial charge in [0.1, 0.15) is 4.90 Å². The zero-order chi connectivity index (χ0) is 15.3. The van der Waals surface area contributed by atoms with E-state index in [9.17, 15) is 16.8 Å². The van der Waals surface area contributed by atoms with E-state index < -0.39 is 30.0 Å². The van der Waals surface area contributed by atoms with E-state index in [1.54, 1.807) is 0 Å². The number of nitrogens with two attached hydrogens (primary N) is 2. The van der Waals surface area contributed by atoms with E-state index in [0.29, 0.717) is 6.07 Å². The Hall–Kier alpha value is 1.39. The van der Waals surface area contributed by atoms with Gasteiger partial charge in [0.2, 0.25) is 0 Å². The summed E-state index contributed by atoms with van der Waals surface area (Å²) >= 11 is 0. The molecule has 0 unspecified atom stereocenters. The summed E-state index contributed by atoms with van der Waals surface area (Å²) < 4.78 is 63.2. The van der Waals surface area contributed by atoms with Gasteiger partial charge in [-0.3, -0.25) is 9.11 Å². The number of hydrogen-bond acceptors (Lipinski definition) is 6. The van der Waals surface area contributed by atoms with Crippen molar-refractivity contribution in [3.05, 3.63) is 24.3 Å². The van der Waals surface area contributed by atoms with E-state index in [-0.39, 0.29) is 125 Å².